The molecule has 6 heteroatoms. The Bertz CT molecular complexity index is 661. The third kappa shape index (κ3) is 3.64. The highest BCUT2D eigenvalue weighted by Gasteiger charge is 2.23. The summed E-state index contributed by atoms with van der Waals surface area (Å²) in [5.74, 6) is 0.379. The number of rotatable bonds is 4. The maximum atomic E-state index is 12.3. The number of hydrogen-bond acceptors (Lipinski definition) is 3. The lowest BCUT2D eigenvalue weighted by atomic mass is 10.2. The third-order valence-corrected chi connectivity index (χ3v) is 3.29. The summed E-state index contributed by atoms with van der Waals surface area (Å²) in [7, 11) is 1.52. The van der Waals surface area contributed by atoms with Crippen molar-refractivity contribution in [1.82, 2.24) is 0 Å². The van der Waals surface area contributed by atoms with E-state index in [4.69, 9.17) is 16.3 Å². The molecule has 1 aromatic carbocycles. The van der Waals surface area contributed by atoms with Crippen molar-refractivity contribution < 1.29 is 19.2 Å². The van der Waals surface area contributed by atoms with Gasteiger partial charge in [0.25, 0.3) is 5.91 Å². The Labute approximate surface area is 127 Å². The number of aromatic hydroxyl groups is 1. The summed E-state index contributed by atoms with van der Waals surface area (Å²) < 4.78 is 6.80. The third-order valence-electron chi connectivity index (χ3n) is 3.05. The van der Waals surface area contributed by atoms with Gasteiger partial charge in [0, 0.05) is 18.0 Å². The van der Waals surface area contributed by atoms with Gasteiger partial charge in [0.05, 0.1) is 12.8 Å². The summed E-state index contributed by atoms with van der Waals surface area (Å²) in [6, 6.07) is 7.70. The van der Waals surface area contributed by atoms with Crippen LogP contribution in [-0.4, -0.2) is 18.1 Å². The molecule has 0 aliphatic carbocycles. The van der Waals surface area contributed by atoms with Crippen LogP contribution in [0, 0.1) is 0 Å². The molecule has 110 valence electrons. The first-order chi connectivity index (χ1) is 10.0. The Morgan fingerprint density at radius 3 is 2.86 bits per heavy atom. The fourth-order valence-corrected chi connectivity index (χ4v) is 2.04. The smallest absolute Gasteiger partial charge is 0.293 e. The zero-order valence-electron chi connectivity index (χ0n) is 11.7. The zero-order chi connectivity index (χ0) is 15.4. The van der Waals surface area contributed by atoms with Crippen LogP contribution >= 0.6 is 11.6 Å². The summed E-state index contributed by atoms with van der Waals surface area (Å²) in [6.07, 6.45) is 3.19. The van der Waals surface area contributed by atoms with E-state index < -0.39 is 6.04 Å². The van der Waals surface area contributed by atoms with E-state index in [0.717, 1.165) is 0 Å². The molecule has 0 aliphatic heterocycles. The molecule has 1 heterocycles. The molecule has 21 heavy (non-hydrogen) atoms. The van der Waals surface area contributed by atoms with E-state index in [0.29, 0.717) is 16.5 Å². The molecule has 0 spiro atoms. The fourth-order valence-electron chi connectivity index (χ4n) is 1.87. The lowest BCUT2D eigenvalue weighted by molar-refractivity contribution is -0.705. The summed E-state index contributed by atoms with van der Waals surface area (Å²) >= 11 is 5.93. The lowest BCUT2D eigenvalue weighted by Gasteiger charge is -2.12. The number of carbonyl (C=O) groups is 1. The van der Waals surface area contributed by atoms with Gasteiger partial charge in [-0.15, -0.1) is 0 Å². The molecule has 1 amide bonds. The Hall–Kier alpha value is -2.27. The molecule has 0 saturated carbocycles. The first kappa shape index (κ1) is 15.1. The van der Waals surface area contributed by atoms with Gasteiger partial charge in [0.2, 0.25) is 12.2 Å². The van der Waals surface area contributed by atoms with Crippen molar-refractivity contribution in [2.24, 2.45) is 0 Å². The van der Waals surface area contributed by atoms with Crippen molar-refractivity contribution in [3.8, 4) is 11.5 Å². The highest BCUT2D eigenvalue weighted by Crippen LogP contribution is 2.28. The minimum atomic E-state index is -0.499. The Morgan fingerprint density at radius 2 is 2.19 bits per heavy atom. The van der Waals surface area contributed by atoms with Crippen LogP contribution in [0.3, 0.4) is 0 Å². The van der Waals surface area contributed by atoms with E-state index in [1.807, 2.05) is 0 Å². The van der Waals surface area contributed by atoms with Gasteiger partial charge in [-0.1, -0.05) is 11.6 Å². The van der Waals surface area contributed by atoms with E-state index in [1.165, 1.54) is 13.3 Å². The quantitative estimate of drug-likeness (QED) is 0.853. The maximum absolute atomic E-state index is 12.3. The Kier molecular flexibility index (Phi) is 4.65. The van der Waals surface area contributed by atoms with E-state index in [2.05, 4.69) is 5.32 Å². The van der Waals surface area contributed by atoms with E-state index in [-0.39, 0.29) is 11.7 Å². The molecule has 1 atom stereocenters. The number of halogens is 1. The van der Waals surface area contributed by atoms with Crippen LogP contribution in [0.5, 0.6) is 11.5 Å². The molecular formula is C15H16ClN2O3+. The van der Waals surface area contributed by atoms with Gasteiger partial charge in [-0.05, 0) is 24.3 Å². The fraction of sp³-hybridized carbons (Fsp3) is 0.200. The van der Waals surface area contributed by atoms with Crippen LogP contribution in [0.15, 0.2) is 42.7 Å². The van der Waals surface area contributed by atoms with Crippen LogP contribution in [0.4, 0.5) is 5.69 Å². The highest BCUT2D eigenvalue weighted by atomic mass is 35.5. The van der Waals surface area contributed by atoms with Crippen LogP contribution in [0.1, 0.15) is 13.0 Å². The van der Waals surface area contributed by atoms with Gasteiger partial charge in [-0.25, -0.2) is 0 Å². The lowest BCUT2D eigenvalue weighted by Crippen LogP contribution is -2.43. The minimum Gasteiger partial charge on any atom is -0.503 e. The summed E-state index contributed by atoms with van der Waals surface area (Å²) in [6.45, 7) is 1.73. The number of pyridine rings is 1. The Morgan fingerprint density at radius 1 is 1.43 bits per heavy atom. The molecule has 0 fully saturated rings. The number of anilines is 1. The monoisotopic (exact) mass is 307 g/mol. The van der Waals surface area contributed by atoms with Gasteiger partial charge in [-0.3, -0.25) is 4.79 Å². The first-order valence-electron chi connectivity index (χ1n) is 6.35. The van der Waals surface area contributed by atoms with Crippen LogP contribution < -0.4 is 14.6 Å². The average Bonchev–Trinajstić information content (AvgIpc) is 2.46. The second-order valence-corrected chi connectivity index (χ2v) is 4.96. The van der Waals surface area contributed by atoms with Gasteiger partial charge in [-0.2, -0.15) is 4.57 Å². The second kappa shape index (κ2) is 6.45. The number of amides is 1. The Balaban J connectivity index is 2.20. The molecule has 0 aliphatic rings. The molecule has 0 bridgehead atoms. The number of benzene rings is 1. The summed E-state index contributed by atoms with van der Waals surface area (Å²) in [5, 5.41) is 12.7. The van der Waals surface area contributed by atoms with Gasteiger partial charge in [0.15, 0.2) is 11.9 Å². The predicted molar refractivity (Wildman–Crippen MR) is 79.6 cm³/mol. The number of hydrogen-bond donors (Lipinski definition) is 2. The molecule has 0 saturated heterocycles. The van der Waals surface area contributed by atoms with Gasteiger partial charge >= 0.3 is 0 Å². The van der Waals surface area contributed by atoms with Crippen molar-refractivity contribution in [3.63, 3.8) is 0 Å². The average molecular weight is 308 g/mol. The standard InChI is InChI=1S/C15H15ClN2O3/c1-10(18-7-3-4-12(19)9-18)15(20)17-13-8-11(16)5-6-14(13)21-2/h3-10H,1-2H3,(H-,17,19,20)/p+1/t10-/m1/s1. The molecule has 2 aromatic rings. The van der Waals surface area contributed by atoms with Crippen molar-refractivity contribution in [2.75, 3.05) is 12.4 Å². The van der Waals surface area contributed by atoms with E-state index in [1.54, 1.807) is 48.0 Å². The van der Waals surface area contributed by atoms with Crippen molar-refractivity contribution in [3.05, 3.63) is 47.7 Å². The molecule has 5 nitrogen and oxygen atoms in total. The normalized spacial score (nSPS) is 11.8. The van der Waals surface area contributed by atoms with Crippen LogP contribution in [-0.2, 0) is 4.79 Å². The van der Waals surface area contributed by atoms with E-state index >= 15 is 0 Å². The van der Waals surface area contributed by atoms with Crippen molar-refractivity contribution in [1.29, 1.82) is 0 Å². The molecular weight excluding hydrogens is 292 g/mol. The summed E-state index contributed by atoms with van der Waals surface area (Å²) in [5.41, 5.74) is 0.502. The topological polar surface area (TPSA) is 62.4 Å². The van der Waals surface area contributed by atoms with Crippen LogP contribution in [0.25, 0.3) is 0 Å². The molecule has 0 unspecified atom stereocenters. The van der Waals surface area contributed by atoms with Gasteiger partial charge < -0.3 is 15.2 Å². The SMILES string of the molecule is COc1ccc(Cl)cc1NC(=O)[C@@H](C)[n+]1cccc(O)c1. The number of nitrogens with one attached hydrogen (secondary N) is 1. The number of ether oxygens (including phenoxy) is 1. The molecule has 0 radical (unpaired) electrons. The number of nitrogens with zero attached hydrogens (tertiary/aromatic N) is 1. The number of aromatic nitrogens is 1. The second-order valence-electron chi connectivity index (χ2n) is 4.52. The van der Waals surface area contributed by atoms with E-state index in [9.17, 15) is 9.90 Å². The first-order valence-corrected chi connectivity index (χ1v) is 6.73. The minimum absolute atomic E-state index is 0.0949. The largest absolute Gasteiger partial charge is 0.503 e. The van der Waals surface area contributed by atoms with Crippen molar-refractivity contribution >= 4 is 23.2 Å². The highest BCUT2D eigenvalue weighted by molar-refractivity contribution is 6.31. The molecule has 2 rings (SSSR count). The predicted octanol–water partition coefficient (Wildman–Crippen LogP) is 2.54. The zero-order valence-corrected chi connectivity index (χ0v) is 12.5. The molecule has 1 aromatic heterocycles. The van der Waals surface area contributed by atoms with Crippen molar-refractivity contribution in [2.45, 2.75) is 13.0 Å². The summed E-state index contributed by atoms with van der Waals surface area (Å²) in [4.78, 5) is 12.3. The van der Waals surface area contributed by atoms with Gasteiger partial charge in [0.1, 0.15) is 5.75 Å². The van der Waals surface area contributed by atoms with Crippen LogP contribution in [0.2, 0.25) is 5.02 Å². The maximum Gasteiger partial charge on any atom is 0.293 e. The number of methoxy groups -OCH3 is 1. The molecule has 2 N–H and O–H groups in total. The number of carbonyl (C=O) groups excluding carboxylic acids is 1.